The summed E-state index contributed by atoms with van der Waals surface area (Å²) in [6, 6.07) is 13.3. The zero-order valence-electron chi connectivity index (χ0n) is 12.4. The van der Waals surface area contributed by atoms with Gasteiger partial charge in [-0.1, -0.05) is 30.3 Å². The molecule has 1 aromatic carbocycles. The van der Waals surface area contributed by atoms with Crippen molar-refractivity contribution in [3.8, 4) is 10.6 Å². The predicted octanol–water partition coefficient (Wildman–Crippen LogP) is 4.20. The van der Waals surface area contributed by atoms with Crippen molar-refractivity contribution >= 4 is 17.2 Å². The fourth-order valence-corrected chi connectivity index (χ4v) is 3.16. The van der Waals surface area contributed by atoms with Crippen LogP contribution in [0, 0.1) is 6.92 Å². The van der Waals surface area contributed by atoms with E-state index in [1.54, 1.807) is 6.26 Å². The van der Waals surface area contributed by atoms with Gasteiger partial charge in [0, 0.05) is 5.56 Å². The third-order valence-electron chi connectivity index (χ3n) is 3.34. The molecule has 0 saturated heterocycles. The minimum Gasteiger partial charge on any atom is -0.467 e. The first-order chi connectivity index (χ1) is 10.6. The predicted molar refractivity (Wildman–Crippen MR) is 86.9 cm³/mol. The third kappa shape index (κ3) is 2.94. The first-order valence-electron chi connectivity index (χ1n) is 7.02. The Hall–Kier alpha value is -2.40. The fraction of sp³-hybridized carbons (Fsp3) is 0.176. The Labute approximate surface area is 132 Å². The molecular weight excluding hydrogens is 296 g/mol. The van der Waals surface area contributed by atoms with Gasteiger partial charge in [-0.25, -0.2) is 4.98 Å². The number of carbonyl (C=O) groups excluding carboxylic acids is 1. The lowest BCUT2D eigenvalue weighted by Gasteiger charge is -2.10. The van der Waals surface area contributed by atoms with Gasteiger partial charge >= 0.3 is 0 Å². The van der Waals surface area contributed by atoms with Crippen molar-refractivity contribution in [3.63, 3.8) is 0 Å². The Morgan fingerprint density at radius 3 is 2.68 bits per heavy atom. The molecule has 0 saturated carbocycles. The van der Waals surface area contributed by atoms with Gasteiger partial charge in [0.15, 0.2) is 0 Å². The van der Waals surface area contributed by atoms with Crippen LogP contribution in [0.3, 0.4) is 0 Å². The molecule has 1 amide bonds. The Bertz CT molecular complexity index is 763. The van der Waals surface area contributed by atoms with Crippen molar-refractivity contribution in [3.05, 3.63) is 65.1 Å². The molecule has 0 radical (unpaired) electrons. The van der Waals surface area contributed by atoms with Gasteiger partial charge < -0.3 is 9.73 Å². The number of thiazole rings is 1. The largest absolute Gasteiger partial charge is 0.467 e. The third-order valence-corrected chi connectivity index (χ3v) is 4.55. The van der Waals surface area contributed by atoms with Gasteiger partial charge in [-0.15, -0.1) is 11.3 Å². The van der Waals surface area contributed by atoms with Gasteiger partial charge in [-0.05, 0) is 26.0 Å². The average Bonchev–Trinajstić information content (AvgIpc) is 3.17. The van der Waals surface area contributed by atoms with Crippen molar-refractivity contribution in [2.75, 3.05) is 0 Å². The van der Waals surface area contributed by atoms with Crippen LogP contribution >= 0.6 is 11.3 Å². The number of hydrogen-bond acceptors (Lipinski definition) is 4. The summed E-state index contributed by atoms with van der Waals surface area (Å²) in [6.45, 7) is 3.75. The van der Waals surface area contributed by atoms with E-state index in [4.69, 9.17) is 4.42 Å². The summed E-state index contributed by atoms with van der Waals surface area (Å²) in [5.41, 5.74) is 1.77. The number of aryl methyl sites for hydroxylation is 1. The Morgan fingerprint density at radius 1 is 1.23 bits per heavy atom. The molecule has 2 aromatic heterocycles. The molecule has 0 fully saturated rings. The number of rotatable bonds is 4. The fourth-order valence-electron chi connectivity index (χ4n) is 2.18. The lowest BCUT2D eigenvalue weighted by molar-refractivity contribution is 0.0938. The zero-order valence-corrected chi connectivity index (χ0v) is 13.2. The zero-order chi connectivity index (χ0) is 15.5. The summed E-state index contributed by atoms with van der Waals surface area (Å²) in [7, 11) is 0. The molecule has 3 aromatic rings. The van der Waals surface area contributed by atoms with Gasteiger partial charge in [0.25, 0.3) is 5.91 Å². The number of aromatic nitrogens is 1. The summed E-state index contributed by atoms with van der Waals surface area (Å²) in [5, 5.41) is 3.80. The highest BCUT2D eigenvalue weighted by atomic mass is 32.1. The van der Waals surface area contributed by atoms with Crippen molar-refractivity contribution in [2.24, 2.45) is 0 Å². The maximum Gasteiger partial charge on any atom is 0.263 e. The number of carbonyl (C=O) groups is 1. The van der Waals surface area contributed by atoms with Crippen LogP contribution in [0.2, 0.25) is 0 Å². The second-order valence-electron chi connectivity index (χ2n) is 5.01. The quantitative estimate of drug-likeness (QED) is 0.785. The van der Waals surface area contributed by atoms with Crippen LogP contribution in [0.15, 0.2) is 53.1 Å². The molecule has 0 spiro atoms. The Morgan fingerprint density at radius 2 is 2.00 bits per heavy atom. The lowest BCUT2D eigenvalue weighted by atomic mass is 10.2. The molecule has 112 valence electrons. The van der Waals surface area contributed by atoms with Crippen LogP contribution in [0.4, 0.5) is 0 Å². The van der Waals surface area contributed by atoms with Crippen molar-refractivity contribution in [1.82, 2.24) is 10.3 Å². The molecule has 3 rings (SSSR count). The summed E-state index contributed by atoms with van der Waals surface area (Å²) < 4.78 is 5.31. The molecule has 4 nitrogen and oxygen atoms in total. The monoisotopic (exact) mass is 312 g/mol. The minimum absolute atomic E-state index is 0.124. The summed E-state index contributed by atoms with van der Waals surface area (Å²) in [5.74, 6) is 0.611. The highest BCUT2D eigenvalue weighted by Gasteiger charge is 2.19. The van der Waals surface area contributed by atoms with Crippen LogP contribution < -0.4 is 5.32 Å². The molecule has 0 unspecified atom stereocenters. The number of benzene rings is 1. The van der Waals surface area contributed by atoms with Gasteiger partial charge in [0.05, 0.1) is 18.0 Å². The molecule has 0 aliphatic rings. The van der Waals surface area contributed by atoms with Crippen molar-refractivity contribution < 1.29 is 9.21 Å². The Kier molecular flexibility index (Phi) is 4.06. The maximum absolute atomic E-state index is 12.4. The van der Waals surface area contributed by atoms with E-state index in [1.165, 1.54) is 11.3 Å². The van der Waals surface area contributed by atoms with Gasteiger partial charge in [0.2, 0.25) is 0 Å². The van der Waals surface area contributed by atoms with E-state index in [1.807, 2.05) is 56.3 Å². The second-order valence-corrected chi connectivity index (χ2v) is 6.01. The van der Waals surface area contributed by atoms with Gasteiger partial charge in [-0.3, -0.25) is 4.79 Å². The standard InChI is InChI=1S/C17H16N2O2S/c1-11(14-9-6-10-21-14)18-16(20)15-12(2)19-17(22-15)13-7-4-3-5-8-13/h3-11H,1-2H3,(H,18,20)/t11-/m1/s1. The van der Waals surface area contributed by atoms with E-state index >= 15 is 0 Å². The molecular formula is C17H16N2O2S. The molecule has 0 aliphatic heterocycles. The number of hydrogen-bond donors (Lipinski definition) is 1. The highest BCUT2D eigenvalue weighted by Crippen LogP contribution is 2.28. The number of amides is 1. The molecule has 22 heavy (non-hydrogen) atoms. The SMILES string of the molecule is Cc1nc(-c2ccccc2)sc1C(=O)N[C@H](C)c1ccco1. The van der Waals surface area contributed by atoms with E-state index in [-0.39, 0.29) is 11.9 Å². The van der Waals surface area contributed by atoms with E-state index in [2.05, 4.69) is 10.3 Å². The van der Waals surface area contributed by atoms with Crippen LogP contribution in [-0.2, 0) is 0 Å². The molecule has 5 heteroatoms. The van der Waals surface area contributed by atoms with Crippen LogP contribution in [-0.4, -0.2) is 10.9 Å². The first kappa shape index (κ1) is 14.5. The van der Waals surface area contributed by atoms with Crippen LogP contribution in [0.25, 0.3) is 10.6 Å². The lowest BCUT2D eigenvalue weighted by Crippen LogP contribution is -2.26. The van der Waals surface area contributed by atoms with E-state index in [0.717, 1.165) is 22.0 Å². The first-order valence-corrected chi connectivity index (χ1v) is 7.84. The molecule has 2 heterocycles. The van der Waals surface area contributed by atoms with Crippen LogP contribution in [0.1, 0.15) is 34.1 Å². The highest BCUT2D eigenvalue weighted by molar-refractivity contribution is 7.17. The van der Waals surface area contributed by atoms with Gasteiger partial charge in [0.1, 0.15) is 15.6 Å². The van der Waals surface area contributed by atoms with Crippen molar-refractivity contribution in [1.29, 1.82) is 0 Å². The topological polar surface area (TPSA) is 55.1 Å². The second kappa shape index (κ2) is 6.15. The number of furan rings is 1. The van der Waals surface area contributed by atoms with Gasteiger partial charge in [-0.2, -0.15) is 0 Å². The summed E-state index contributed by atoms with van der Waals surface area (Å²) in [6.07, 6.45) is 1.60. The molecule has 1 N–H and O–H groups in total. The van der Waals surface area contributed by atoms with E-state index < -0.39 is 0 Å². The summed E-state index contributed by atoms with van der Waals surface area (Å²) >= 11 is 1.41. The number of nitrogens with one attached hydrogen (secondary N) is 1. The average molecular weight is 312 g/mol. The number of nitrogens with zero attached hydrogens (tertiary/aromatic N) is 1. The minimum atomic E-state index is -0.177. The van der Waals surface area contributed by atoms with Crippen LogP contribution in [0.5, 0.6) is 0 Å². The summed E-state index contributed by atoms with van der Waals surface area (Å²) in [4.78, 5) is 17.6. The normalized spacial score (nSPS) is 12.1. The molecule has 0 bridgehead atoms. The van der Waals surface area contributed by atoms with E-state index in [0.29, 0.717) is 4.88 Å². The van der Waals surface area contributed by atoms with E-state index in [9.17, 15) is 4.79 Å². The Balaban J connectivity index is 1.80. The molecule has 0 aliphatic carbocycles. The maximum atomic E-state index is 12.4. The molecule has 1 atom stereocenters. The van der Waals surface area contributed by atoms with Crippen molar-refractivity contribution in [2.45, 2.75) is 19.9 Å². The smallest absolute Gasteiger partial charge is 0.263 e.